The number of rotatable bonds is 6. The van der Waals surface area contributed by atoms with E-state index in [0.29, 0.717) is 11.7 Å². The predicted molar refractivity (Wildman–Crippen MR) is 109 cm³/mol. The number of nitrogens with one attached hydrogen (secondary N) is 1. The van der Waals surface area contributed by atoms with E-state index in [-0.39, 0.29) is 17.6 Å². The minimum Gasteiger partial charge on any atom is -0.459 e. The fraction of sp³-hybridized carbons (Fsp3) is 0.238. The number of nitrogens with zero attached hydrogens (tertiary/aromatic N) is 3. The summed E-state index contributed by atoms with van der Waals surface area (Å²) >= 11 is 1.61. The lowest BCUT2D eigenvalue weighted by molar-refractivity contribution is 0.0885. The van der Waals surface area contributed by atoms with Crippen molar-refractivity contribution in [1.82, 2.24) is 20.4 Å². The molecule has 1 unspecified atom stereocenters. The van der Waals surface area contributed by atoms with Crippen LogP contribution in [0.25, 0.3) is 22.6 Å². The van der Waals surface area contributed by atoms with Crippen molar-refractivity contribution in [1.29, 1.82) is 0 Å². The van der Waals surface area contributed by atoms with Crippen molar-refractivity contribution in [2.45, 2.75) is 26.8 Å². The summed E-state index contributed by atoms with van der Waals surface area (Å²) in [5, 5.41) is 10.1. The van der Waals surface area contributed by atoms with E-state index in [0.717, 1.165) is 21.8 Å². The predicted octanol–water partition coefficient (Wildman–Crippen LogP) is 4.89. The number of aromatic nitrogens is 3. The number of aryl methyl sites for hydroxylation is 1. The second kappa shape index (κ2) is 8.00. The molecule has 0 aliphatic rings. The number of hydrogen-bond donors (Lipinski definition) is 1. The number of furan rings is 1. The smallest absolute Gasteiger partial charge is 0.287 e. The van der Waals surface area contributed by atoms with Crippen LogP contribution in [0.2, 0.25) is 0 Å². The van der Waals surface area contributed by atoms with Gasteiger partial charge in [-0.25, -0.2) is 4.98 Å². The van der Waals surface area contributed by atoms with Gasteiger partial charge in [0.05, 0.1) is 17.0 Å². The average molecular weight is 408 g/mol. The molecule has 0 bridgehead atoms. The highest BCUT2D eigenvalue weighted by atomic mass is 32.1. The Bertz CT molecular complexity index is 1110. The van der Waals surface area contributed by atoms with Gasteiger partial charge >= 0.3 is 0 Å². The van der Waals surface area contributed by atoms with E-state index in [2.05, 4.69) is 20.4 Å². The summed E-state index contributed by atoms with van der Waals surface area (Å²) < 4.78 is 10.6. The maximum Gasteiger partial charge on any atom is 0.287 e. The van der Waals surface area contributed by atoms with Crippen LogP contribution >= 0.6 is 11.3 Å². The van der Waals surface area contributed by atoms with Gasteiger partial charge in [0.25, 0.3) is 5.91 Å². The van der Waals surface area contributed by atoms with Crippen molar-refractivity contribution in [3.8, 4) is 22.6 Å². The molecule has 1 atom stereocenters. The molecule has 1 N–H and O–H groups in total. The highest BCUT2D eigenvalue weighted by molar-refractivity contribution is 7.09. The van der Waals surface area contributed by atoms with Gasteiger partial charge in [-0.05, 0) is 31.0 Å². The maximum atomic E-state index is 12.4. The standard InChI is InChI=1S/C21H20N4O3S/c1-12(2)18(23-20(26)17-8-5-9-27-17)21-24-19(25-28-21)15-7-4-6-14(10-15)16-11-29-13(3)22-16/h4-12,18H,1-3H3,(H,23,26). The molecule has 7 nitrogen and oxygen atoms in total. The first kappa shape index (κ1) is 19.1. The zero-order valence-corrected chi connectivity index (χ0v) is 17.1. The first-order valence-corrected chi connectivity index (χ1v) is 10.1. The highest BCUT2D eigenvalue weighted by Crippen LogP contribution is 2.28. The molecule has 1 amide bonds. The molecule has 3 heterocycles. The van der Waals surface area contributed by atoms with Crippen molar-refractivity contribution >= 4 is 17.2 Å². The normalized spacial score (nSPS) is 12.3. The summed E-state index contributed by atoms with van der Waals surface area (Å²) in [6, 6.07) is 10.7. The summed E-state index contributed by atoms with van der Waals surface area (Å²) in [7, 11) is 0. The van der Waals surface area contributed by atoms with Crippen LogP contribution in [-0.2, 0) is 0 Å². The Hall–Kier alpha value is -3.26. The Labute approximate surface area is 171 Å². The van der Waals surface area contributed by atoms with Crippen LogP contribution in [0.5, 0.6) is 0 Å². The van der Waals surface area contributed by atoms with E-state index in [4.69, 9.17) is 8.94 Å². The van der Waals surface area contributed by atoms with Crippen molar-refractivity contribution in [3.63, 3.8) is 0 Å². The van der Waals surface area contributed by atoms with E-state index in [1.807, 2.05) is 50.4 Å². The first-order valence-electron chi connectivity index (χ1n) is 9.22. The lowest BCUT2D eigenvalue weighted by Crippen LogP contribution is -2.31. The quantitative estimate of drug-likeness (QED) is 0.488. The largest absolute Gasteiger partial charge is 0.459 e. The third kappa shape index (κ3) is 4.12. The highest BCUT2D eigenvalue weighted by Gasteiger charge is 2.26. The van der Waals surface area contributed by atoms with Gasteiger partial charge in [-0.15, -0.1) is 11.3 Å². The van der Waals surface area contributed by atoms with E-state index >= 15 is 0 Å². The van der Waals surface area contributed by atoms with Crippen LogP contribution in [0.15, 0.2) is 57.0 Å². The van der Waals surface area contributed by atoms with Crippen LogP contribution in [0, 0.1) is 12.8 Å². The Morgan fingerprint density at radius 2 is 1.97 bits per heavy atom. The van der Waals surface area contributed by atoms with Gasteiger partial charge in [-0.1, -0.05) is 37.2 Å². The monoisotopic (exact) mass is 408 g/mol. The number of hydrogen-bond acceptors (Lipinski definition) is 7. The average Bonchev–Trinajstić information content (AvgIpc) is 3.47. The molecule has 0 saturated carbocycles. The second-order valence-electron chi connectivity index (χ2n) is 6.96. The van der Waals surface area contributed by atoms with Gasteiger partial charge in [-0.2, -0.15) is 4.98 Å². The third-order valence-electron chi connectivity index (χ3n) is 4.44. The molecule has 1 aromatic carbocycles. The van der Waals surface area contributed by atoms with Crippen LogP contribution in [-0.4, -0.2) is 21.0 Å². The summed E-state index contributed by atoms with van der Waals surface area (Å²) in [5.74, 6) is 0.777. The molecule has 0 fully saturated rings. The Kier molecular flexibility index (Phi) is 5.26. The number of carbonyl (C=O) groups excluding carboxylic acids is 1. The Morgan fingerprint density at radius 3 is 2.66 bits per heavy atom. The molecular formula is C21H20N4O3S. The zero-order chi connectivity index (χ0) is 20.4. The summed E-state index contributed by atoms with van der Waals surface area (Å²) in [6.07, 6.45) is 1.46. The molecule has 8 heteroatoms. The minimum absolute atomic E-state index is 0.0477. The van der Waals surface area contributed by atoms with Crippen molar-refractivity contribution in [2.75, 3.05) is 0 Å². The van der Waals surface area contributed by atoms with Gasteiger partial charge < -0.3 is 14.3 Å². The molecule has 0 aliphatic carbocycles. The van der Waals surface area contributed by atoms with Crippen LogP contribution in [0.4, 0.5) is 0 Å². The van der Waals surface area contributed by atoms with E-state index in [1.165, 1.54) is 6.26 Å². The molecule has 148 valence electrons. The molecule has 4 aromatic rings. The molecular weight excluding hydrogens is 388 g/mol. The van der Waals surface area contributed by atoms with E-state index in [1.54, 1.807) is 23.5 Å². The fourth-order valence-electron chi connectivity index (χ4n) is 2.93. The molecule has 0 spiro atoms. The second-order valence-corrected chi connectivity index (χ2v) is 8.02. The van der Waals surface area contributed by atoms with Gasteiger partial charge in [0.2, 0.25) is 11.7 Å². The van der Waals surface area contributed by atoms with Crippen LogP contribution < -0.4 is 5.32 Å². The molecule has 0 saturated heterocycles. The van der Waals surface area contributed by atoms with Crippen LogP contribution in [0.1, 0.15) is 41.3 Å². The summed E-state index contributed by atoms with van der Waals surface area (Å²) in [4.78, 5) is 21.4. The lowest BCUT2D eigenvalue weighted by Gasteiger charge is -2.17. The van der Waals surface area contributed by atoms with E-state index < -0.39 is 6.04 Å². The first-order chi connectivity index (χ1) is 14.0. The topological polar surface area (TPSA) is 94.1 Å². The number of thiazole rings is 1. The molecule has 29 heavy (non-hydrogen) atoms. The van der Waals surface area contributed by atoms with Gasteiger partial charge in [0.15, 0.2) is 5.76 Å². The molecule has 3 aromatic heterocycles. The summed E-state index contributed by atoms with van der Waals surface area (Å²) in [5.41, 5.74) is 2.73. The molecule has 0 radical (unpaired) electrons. The Morgan fingerprint density at radius 1 is 1.14 bits per heavy atom. The Balaban J connectivity index is 1.59. The van der Waals surface area contributed by atoms with Crippen LogP contribution in [0.3, 0.4) is 0 Å². The summed E-state index contributed by atoms with van der Waals surface area (Å²) in [6.45, 7) is 5.93. The number of amides is 1. The lowest BCUT2D eigenvalue weighted by atomic mass is 10.0. The van der Waals surface area contributed by atoms with Crippen molar-refractivity contribution in [2.24, 2.45) is 5.92 Å². The molecule has 0 aliphatic heterocycles. The molecule has 4 rings (SSSR count). The number of benzene rings is 1. The van der Waals surface area contributed by atoms with Gasteiger partial charge in [0.1, 0.15) is 6.04 Å². The number of carbonyl (C=O) groups is 1. The maximum absolute atomic E-state index is 12.4. The van der Waals surface area contributed by atoms with Crippen molar-refractivity contribution in [3.05, 3.63) is 64.7 Å². The minimum atomic E-state index is -0.432. The van der Waals surface area contributed by atoms with Gasteiger partial charge in [0, 0.05) is 16.5 Å². The SMILES string of the molecule is Cc1nc(-c2cccc(-c3noc(C(NC(=O)c4ccco4)C(C)C)n3)c2)cs1. The van der Waals surface area contributed by atoms with Crippen molar-refractivity contribution < 1.29 is 13.7 Å². The fourth-order valence-corrected chi connectivity index (χ4v) is 3.55. The van der Waals surface area contributed by atoms with Gasteiger partial charge in [-0.3, -0.25) is 4.79 Å². The third-order valence-corrected chi connectivity index (χ3v) is 5.22. The van der Waals surface area contributed by atoms with E-state index in [9.17, 15) is 4.79 Å². The zero-order valence-electron chi connectivity index (χ0n) is 16.2.